The average Bonchev–Trinajstić information content (AvgIpc) is 3.24. The number of nitrogens with one attached hydrogen (secondary N) is 1. The molecular weight excluding hydrogens is 385 g/mol. The molecule has 7 heteroatoms. The van der Waals surface area contributed by atoms with Crippen LogP contribution in [0.25, 0.3) is 11.8 Å². The van der Waals surface area contributed by atoms with E-state index >= 15 is 0 Å². The highest BCUT2D eigenvalue weighted by atomic mass is 19.1. The van der Waals surface area contributed by atoms with Crippen LogP contribution in [0.1, 0.15) is 17.0 Å². The highest BCUT2D eigenvalue weighted by Crippen LogP contribution is 2.23. The Morgan fingerprint density at radius 3 is 2.37 bits per heavy atom. The van der Waals surface area contributed by atoms with Crippen LogP contribution in [0.4, 0.5) is 9.18 Å². The van der Waals surface area contributed by atoms with Gasteiger partial charge in [-0.15, -0.1) is 0 Å². The molecule has 1 N–H and O–H groups in total. The number of aromatic nitrogens is 1. The molecule has 0 radical (unpaired) electrons. The van der Waals surface area contributed by atoms with Crippen molar-refractivity contribution in [3.63, 3.8) is 0 Å². The molecule has 6 nitrogen and oxygen atoms in total. The lowest BCUT2D eigenvalue weighted by Crippen LogP contribution is -2.30. The Balaban J connectivity index is 1.61. The van der Waals surface area contributed by atoms with Crippen LogP contribution in [0, 0.1) is 12.7 Å². The van der Waals surface area contributed by atoms with E-state index in [0.29, 0.717) is 5.56 Å². The molecule has 0 atom stereocenters. The minimum absolute atomic E-state index is 0.0702. The first-order valence-electron chi connectivity index (χ1n) is 9.38. The number of amides is 3. The van der Waals surface area contributed by atoms with Crippen molar-refractivity contribution in [3.05, 3.63) is 89.1 Å². The van der Waals surface area contributed by atoms with Crippen LogP contribution in [0.3, 0.4) is 0 Å². The maximum atomic E-state index is 13.1. The van der Waals surface area contributed by atoms with Gasteiger partial charge in [0, 0.05) is 17.1 Å². The molecule has 3 aromatic rings. The molecular formula is C23H20FN3O3. The van der Waals surface area contributed by atoms with E-state index in [2.05, 4.69) is 5.32 Å². The highest BCUT2D eigenvalue weighted by Gasteiger charge is 2.33. The summed E-state index contributed by atoms with van der Waals surface area (Å²) in [4.78, 5) is 26.3. The Morgan fingerprint density at radius 2 is 1.70 bits per heavy atom. The lowest BCUT2D eigenvalue weighted by Gasteiger charge is -2.12. The van der Waals surface area contributed by atoms with E-state index in [4.69, 9.17) is 4.74 Å². The third kappa shape index (κ3) is 3.69. The summed E-state index contributed by atoms with van der Waals surface area (Å²) < 4.78 is 20.3. The molecule has 30 heavy (non-hydrogen) atoms. The fourth-order valence-corrected chi connectivity index (χ4v) is 3.39. The van der Waals surface area contributed by atoms with Crippen molar-refractivity contribution in [2.24, 2.45) is 0 Å². The van der Waals surface area contributed by atoms with E-state index in [-0.39, 0.29) is 18.1 Å². The molecule has 4 rings (SSSR count). The van der Waals surface area contributed by atoms with E-state index in [0.717, 1.165) is 27.7 Å². The Morgan fingerprint density at radius 1 is 1.00 bits per heavy atom. The molecule has 3 amide bonds. The van der Waals surface area contributed by atoms with Crippen LogP contribution in [0.5, 0.6) is 5.75 Å². The van der Waals surface area contributed by atoms with Crippen molar-refractivity contribution in [2.75, 3.05) is 7.11 Å². The van der Waals surface area contributed by atoms with Crippen LogP contribution in [-0.4, -0.2) is 28.5 Å². The summed E-state index contributed by atoms with van der Waals surface area (Å²) in [6.07, 6.45) is 1.65. The number of aryl methyl sites for hydroxylation is 1. The zero-order chi connectivity index (χ0) is 21.3. The van der Waals surface area contributed by atoms with Gasteiger partial charge in [-0.25, -0.2) is 9.18 Å². The van der Waals surface area contributed by atoms with Crippen LogP contribution < -0.4 is 10.1 Å². The summed E-state index contributed by atoms with van der Waals surface area (Å²) in [5.41, 5.74) is 3.50. The predicted octanol–water partition coefficient (Wildman–Crippen LogP) is 4.03. The van der Waals surface area contributed by atoms with Gasteiger partial charge in [0.25, 0.3) is 5.91 Å². The van der Waals surface area contributed by atoms with E-state index in [1.807, 2.05) is 47.9 Å². The van der Waals surface area contributed by atoms with E-state index in [1.165, 1.54) is 12.1 Å². The quantitative estimate of drug-likeness (QED) is 0.515. The second-order valence-electron chi connectivity index (χ2n) is 6.94. The molecule has 2 aromatic carbocycles. The Bertz CT molecular complexity index is 1130. The molecule has 1 aliphatic rings. The first-order chi connectivity index (χ1) is 14.5. The molecule has 2 heterocycles. The number of halogens is 1. The van der Waals surface area contributed by atoms with Gasteiger partial charge in [0.05, 0.1) is 13.7 Å². The summed E-state index contributed by atoms with van der Waals surface area (Å²) in [6, 6.07) is 16.6. The molecule has 0 saturated carbocycles. The molecule has 1 fully saturated rings. The van der Waals surface area contributed by atoms with Crippen molar-refractivity contribution in [2.45, 2.75) is 13.5 Å². The van der Waals surface area contributed by atoms with Gasteiger partial charge in [-0.3, -0.25) is 9.69 Å². The van der Waals surface area contributed by atoms with Crippen molar-refractivity contribution in [3.8, 4) is 11.4 Å². The minimum Gasteiger partial charge on any atom is -0.497 e. The van der Waals surface area contributed by atoms with Gasteiger partial charge >= 0.3 is 6.03 Å². The van der Waals surface area contributed by atoms with Crippen molar-refractivity contribution in [1.29, 1.82) is 0 Å². The smallest absolute Gasteiger partial charge is 0.329 e. The average molecular weight is 405 g/mol. The number of nitrogens with zero attached hydrogens (tertiary/aromatic N) is 2. The molecule has 0 spiro atoms. The molecule has 0 bridgehead atoms. The monoisotopic (exact) mass is 405 g/mol. The van der Waals surface area contributed by atoms with Crippen molar-refractivity contribution >= 4 is 18.0 Å². The second-order valence-corrected chi connectivity index (χ2v) is 6.94. The minimum atomic E-state index is -0.505. The number of rotatable bonds is 5. The fraction of sp³-hybridized carbons (Fsp3) is 0.130. The van der Waals surface area contributed by atoms with Crippen molar-refractivity contribution in [1.82, 2.24) is 14.8 Å². The summed E-state index contributed by atoms with van der Waals surface area (Å²) in [5.74, 6) is -0.0474. The van der Waals surface area contributed by atoms with E-state index in [9.17, 15) is 14.0 Å². The maximum absolute atomic E-state index is 13.1. The molecule has 0 unspecified atom stereocenters. The highest BCUT2D eigenvalue weighted by molar-refractivity contribution is 6.13. The number of benzene rings is 2. The SMILES string of the molecule is COc1ccc(-n2c(C)ccc2/C=C2\NC(=O)N(Cc3ccc(F)cc3)C2=O)cc1. The molecule has 0 aliphatic carbocycles. The Labute approximate surface area is 173 Å². The number of carbonyl (C=O) groups is 2. The van der Waals surface area contributed by atoms with Gasteiger partial charge < -0.3 is 14.6 Å². The van der Waals surface area contributed by atoms with Gasteiger partial charge in [0.1, 0.15) is 17.3 Å². The number of imide groups is 1. The molecule has 152 valence electrons. The van der Waals surface area contributed by atoms with E-state index in [1.54, 1.807) is 25.3 Å². The topological polar surface area (TPSA) is 63.6 Å². The predicted molar refractivity (Wildman–Crippen MR) is 111 cm³/mol. The van der Waals surface area contributed by atoms with Gasteiger partial charge in [-0.1, -0.05) is 12.1 Å². The summed E-state index contributed by atoms with van der Waals surface area (Å²) in [6.45, 7) is 2.03. The summed E-state index contributed by atoms with van der Waals surface area (Å²) in [7, 11) is 1.61. The number of carbonyl (C=O) groups excluding carboxylic acids is 2. The Kier molecular flexibility index (Phi) is 5.10. The van der Waals surface area contributed by atoms with Gasteiger partial charge in [0.15, 0.2) is 0 Å². The summed E-state index contributed by atoms with van der Waals surface area (Å²) >= 11 is 0. The van der Waals surface area contributed by atoms with Crippen LogP contribution in [0.15, 0.2) is 66.4 Å². The third-order valence-electron chi connectivity index (χ3n) is 4.95. The first-order valence-corrected chi connectivity index (χ1v) is 9.38. The number of urea groups is 1. The van der Waals surface area contributed by atoms with Gasteiger partial charge in [-0.05, 0) is 67.1 Å². The van der Waals surface area contributed by atoms with Crippen molar-refractivity contribution < 1.29 is 18.7 Å². The van der Waals surface area contributed by atoms with Gasteiger partial charge in [-0.2, -0.15) is 0 Å². The maximum Gasteiger partial charge on any atom is 0.329 e. The molecule has 1 aromatic heterocycles. The summed E-state index contributed by atoms with van der Waals surface area (Å²) in [5, 5.41) is 2.63. The third-order valence-corrected chi connectivity index (χ3v) is 4.95. The van der Waals surface area contributed by atoms with Crippen LogP contribution in [-0.2, 0) is 11.3 Å². The standard InChI is InChI=1S/C23H20FN3O3/c1-15-3-8-19(27(15)18-9-11-20(30-2)12-10-18)13-21-22(28)26(23(29)25-21)14-16-4-6-17(24)7-5-16/h3-13H,14H2,1-2H3,(H,25,29)/b21-13-. The number of hydrogen-bond donors (Lipinski definition) is 1. The lowest BCUT2D eigenvalue weighted by molar-refractivity contribution is -0.123. The molecule has 1 aliphatic heterocycles. The van der Waals surface area contributed by atoms with Crippen LogP contribution >= 0.6 is 0 Å². The second kappa shape index (κ2) is 7.87. The first kappa shape index (κ1) is 19.4. The zero-order valence-corrected chi connectivity index (χ0v) is 16.6. The molecule has 1 saturated heterocycles. The number of ether oxygens (including phenoxy) is 1. The van der Waals surface area contributed by atoms with Gasteiger partial charge in [0.2, 0.25) is 0 Å². The lowest BCUT2D eigenvalue weighted by atomic mass is 10.2. The van der Waals surface area contributed by atoms with Crippen LogP contribution in [0.2, 0.25) is 0 Å². The largest absolute Gasteiger partial charge is 0.497 e. The fourth-order valence-electron chi connectivity index (χ4n) is 3.39. The Hall–Kier alpha value is -3.87. The zero-order valence-electron chi connectivity index (χ0n) is 16.6. The van der Waals surface area contributed by atoms with E-state index < -0.39 is 11.9 Å². The number of methoxy groups -OCH3 is 1. The number of hydrogen-bond acceptors (Lipinski definition) is 3. The normalized spacial score (nSPS) is 15.0.